The molecule has 0 unspecified atom stereocenters. The molecule has 2 aromatic carbocycles. The van der Waals surface area contributed by atoms with Gasteiger partial charge < -0.3 is 54.3 Å². The summed E-state index contributed by atoms with van der Waals surface area (Å²) >= 11 is 0. The van der Waals surface area contributed by atoms with Crippen LogP contribution in [0.5, 0.6) is 11.5 Å². The fourth-order valence-corrected chi connectivity index (χ4v) is 5.82. The summed E-state index contributed by atoms with van der Waals surface area (Å²) in [7, 11) is 0. The highest BCUT2D eigenvalue weighted by atomic mass is 16.8. The third-order valence-corrected chi connectivity index (χ3v) is 8.17. The fraction of sp³-hybridized carbons (Fsp3) is 0.433. The number of aliphatic hydroxyl groups excluding tert-OH is 4. The van der Waals surface area contributed by atoms with E-state index in [4.69, 9.17) is 23.7 Å². The highest BCUT2D eigenvalue weighted by Gasteiger charge is 2.54. The Bertz CT molecular complexity index is 1420. The van der Waals surface area contributed by atoms with Crippen molar-refractivity contribution < 1.29 is 68.7 Å². The van der Waals surface area contributed by atoms with Crippen molar-refractivity contribution in [3.05, 3.63) is 71.5 Å². The number of rotatable bonds is 8. The van der Waals surface area contributed by atoms with Gasteiger partial charge in [-0.05, 0) is 42.8 Å². The minimum absolute atomic E-state index is 0.0541. The van der Waals surface area contributed by atoms with Gasteiger partial charge in [0, 0.05) is 17.8 Å². The van der Waals surface area contributed by atoms with Crippen LogP contribution in [0.4, 0.5) is 0 Å². The average Bonchev–Trinajstić information content (AvgIpc) is 3.33. The first-order valence-electron chi connectivity index (χ1n) is 13.9. The van der Waals surface area contributed by atoms with Crippen LogP contribution >= 0.6 is 0 Å². The molecule has 1 saturated heterocycles. The van der Waals surface area contributed by atoms with Gasteiger partial charge in [0.15, 0.2) is 6.29 Å². The summed E-state index contributed by atoms with van der Waals surface area (Å²) in [5.74, 6) is -4.75. The predicted molar refractivity (Wildman–Crippen MR) is 145 cm³/mol. The van der Waals surface area contributed by atoms with E-state index >= 15 is 0 Å². The SMILES string of the molecule is C[C@@H]1[C@H]2[C@H](O[C@@H]3O[C@H](CO)[C@@H](O)[C@H](O)[C@H]3O)OC=C(C(=O)O)[C@H]2C[C@H]1OC(=O)c1cccc(OC(=O)c2cccc(O)c2)c1. The van der Waals surface area contributed by atoms with Crippen LogP contribution in [0.15, 0.2) is 60.4 Å². The van der Waals surface area contributed by atoms with E-state index in [-0.39, 0.29) is 34.6 Å². The van der Waals surface area contributed by atoms with Crippen molar-refractivity contribution in [3.8, 4) is 11.5 Å². The van der Waals surface area contributed by atoms with E-state index < -0.39 is 85.4 Å². The van der Waals surface area contributed by atoms with Gasteiger partial charge in [-0.3, -0.25) is 0 Å². The monoisotopic (exact) mass is 616 g/mol. The largest absolute Gasteiger partial charge is 0.508 e. The number of carbonyl (C=O) groups is 3. The molecule has 0 bridgehead atoms. The van der Waals surface area contributed by atoms with Crippen molar-refractivity contribution >= 4 is 17.9 Å². The number of carbonyl (C=O) groups excluding carboxylic acids is 2. The average molecular weight is 617 g/mol. The number of ether oxygens (including phenoxy) is 5. The van der Waals surface area contributed by atoms with Gasteiger partial charge in [0.05, 0.1) is 29.6 Å². The lowest BCUT2D eigenvalue weighted by atomic mass is 9.83. The topological polar surface area (TPSA) is 219 Å². The van der Waals surface area contributed by atoms with Crippen molar-refractivity contribution in [1.82, 2.24) is 0 Å². The first-order chi connectivity index (χ1) is 21.0. The van der Waals surface area contributed by atoms with E-state index in [0.29, 0.717) is 0 Å². The number of aliphatic carboxylic acids is 1. The fourth-order valence-electron chi connectivity index (χ4n) is 5.82. The normalized spacial score (nSPS) is 33.0. The number of phenolic OH excluding ortho intramolecular Hbond substituents is 1. The molecular weight excluding hydrogens is 584 g/mol. The molecule has 5 rings (SSSR count). The van der Waals surface area contributed by atoms with Gasteiger partial charge in [0.2, 0.25) is 6.29 Å². The number of fused-ring (bicyclic) bond motifs is 1. The third-order valence-electron chi connectivity index (χ3n) is 8.17. The zero-order valence-corrected chi connectivity index (χ0v) is 23.3. The van der Waals surface area contributed by atoms with Crippen molar-refractivity contribution in [2.45, 2.75) is 56.4 Å². The number of carboxylic acids is 1. The van der Waals surface area contributed by atoms with Crippen LogP contribution in [-0.2, 0) is 23.7 Å². The van der Waals surface area contributed by atoms with Crippen LogP contribution in [0.3, 0.4) is 0 Å². The summed E-state index contributed by atoms with van der Waals surface area (Å²) in [5.41, 5.74) is 0.0907. The van der Waals surface area contributed by atoms with Crippen molar-refractivity contribution in [2.24, 2.45) is 17.8 Å². The van der Waals surface area contributed by atoms with Gasteiger partial charge in [-0.25, -0.2) is 14.4 Å². The first-order valence-corrected chi connectivity index (χ1v) is 13.9. The molecule has 10 atom stereocenters. The minimum Gasteiger partial charge on any atom is -0.508 e. The smallest absolute Gasteiger partial charge is 0.343 e. The zero-order valence-electron chi connectivity index (χ0n) is 23.3. The molecule has 1 aliphatic carbocycles. The second-order valence-electron chi connectivity index (χ2n) is 10.9. The molecule has 2 aliphatic heterocycles. The quantitative estimate of drug-likeness (QED) is 0.176. The van der Waals surface area contributed by atoms with Crippen LogP contribution < -0.4 is 4.74 Å². The highest BCUT2D eigenvalue weighted by Crippen LogP contribution is 2.48. The minimum atomic E-state index is -1.71. The summed E-state index contributed by atoms with van der Waals surface area (Å²) in [6.45, 7) is 1.05. The lowest BCUT2D eigenvalue weighted by molar-refractivity contribution is -0.342. The Hall–Kier alpha value is -4.05. The van der Waals surface area contributed by atoms with E-state index in [0.717, 1.165) is 6.26 Å². The maximum atomic E-state index is 13.2. The van der Waals surface area contributed by atoms with E-state index in [2.05, 4.69) is 0 Å². The molecule has 1 saturated carbocycles. The van der Waals surface area contributed by atoms with Gasteiger partial charge in [-0.15, -0.1) is 0 Å². The number of aliphatic hydroxyl groups is 4. The molecule has 2 heterocycles. The highest BCUT2D eigenvalue weighted by molar-refractivity contribution is 5.93. The second kappa shape index (κ2) is 12.9. The Labute approximate surface area is 250 Å². The molecule has 0 spiro atoms. The molecule has 44 heavy (non-hydrogen) atoms. The summed E-state index contributed by atoms with van der Waals surface area (Å²) in [6.07, 6.45) is -8.67. The summed E-state index contributed by atoms with van der Waals surface area (Å²) in [6, 6.07) is 11.3. The van der Waals surface area contributed by atoms with E-state index in [1.807, 2.05) is 0 Å². The number of aromatic hydroxyl groups is 1. The number of phenols is 1. The third kappa shape index (κ3) is 6.26. The van der Waals surface area contributed by atoms with E-state index in [1.54, 1.807) is 6.92 Å². The number of benzene rings is 2. The Balaban J connectivity index is 1.30. The molecule has 14 nitrogen and oxygen atoms in total. The zero-order chi connectivity index (χ0) is 31.7. The predicted octanol–water partition coefficient (Wildman–Crippen LogP) is 0.550. The molecule has 14 heteroatoms. The number of hydrogen-bond donors (Lipinski definition) is 6. The summed E-state index contributed by atoms with van der Waals surface area (Å²) in [5, 5.41) is 59.5. The lowest BCUT2D eigenvalue weighted by Gasteiger charge is -2.43. The summed E-state index contributed by atoms with van der Waals surface area (Å²) in [4.78, 5) is 37.7. The maximum absolute atomic E-state index is 13.2. The molecule has 2 aromatic rings. The van der Waals surface area contributed by atoms with E-state index in [9.17, 15) is 45.0 Å². The van der Waals surface area contributed by atoms with Crippen molar-refractivity contribution in [2.75, 3.05) is 6.61 Å². The second-order valence-corrected chi connectivity index (χ2v) is 10.9. The van der Waals surface area contributed by atoms with E-state index in [1.165, 1.54) is 48.5 Å². The van der Waals surface area contributed by atoms with Gasteiger partial charge in [0.25, 0.3) is 0 Å². The number of carboxylic acid groups (broad SMARTS) is 1. The molecule has 0 aromatic heterocycles. The molecule has 0 radical (unpaired) electrons. The van der Waals surface area contributed by atoms with Crippen molar-refractivity contribution in [3.63, 3.8) is 0 Å². The molecular formula is C30H32O14. The molecule has 2 fully saturated rings. The van der Waals surface area contributed by atoms with Gasteiger partial charge in [0.1, 0.15) is 42.0 Å². The van der Waals surface area contributed by atoms with Crippen LogP contribution in [-0.4, -0.2) is 98.3 Å². The standard InChI is InChI=1S/C30H32O14/c1-13-20(42-28(39)15-5-3-7-17(9-15)41-27(38)14-4-2-6-16(32)8-14)10-18-19(26(36)37)12-40-29(22(13)18)44-30-25(35)24(34)23(33)21(11-31)43-30/h2-9,12-13,18,20-25,29-35H,10-11H2,1H3,(H,36,37)/t13-,18+,20+,21+,22+,23+,24-,25+,29-,30-/m0/s1. The molecule has 236 valence electrons. The van der Waals surface area contributed by atoms with Crippen LogP contribution in [0.2, 0.25) is 0 Å². The molecule has 0 amide bonds. The number of esters is 2. The van der Waals surface area contributed by atoms with Gasteiger partial charge >= 0.3 is 17.9 Å². The van der Waals surface area contributed by atoms with Crippen molar-refractivity contribution in [1.29, 1.82) is 0 Å². The first kappa shape index (κ1) is 31.4. The maximum Gasteiger partial charge on any atom is 0.343 e. The van der Waals surface area contributed by atoms with Crippen LogP contribution in [0, 0.1) is 17.8 Å². The Morgan fingerprint density at radius 2 is 1.64 bits per heavy atom. The van der Waals surface area contributed by atoms with Gasteiger partial charge in [-0.2, -0.15) is 0 Å². The number of hydrogen-bond acceptors (Lipinski definition) is 13. The lowest BCUT2D eigenvalue weighted by Crippen LogP contribution is -2.60. The molecule has 3 aliphatic rings. The van der Waals surface area contributed by atoms with Crippen LogP contribution in [0.1, 0.15) is 34.1 Å². The Morgan fingerprint density at radius 1 is 0.932 bits per heavy atom. The van der Waals surface area contributed by atoms with Gasteiger partial charge in [-0.1, -0.05) is 19.1 Å². The molecule has 6 N–H and O–H groups in total. The Kier molecular flexibility index (Phi) is 9.20. The van der Waals surface area contributed by atoms with Crippen LogP contribution in [0.25, 0.3) is 0 Å². The Morgan fingerprint density at radius 3 is 2.32 bits per heavy atom. The summed E-state index contributed by atoms with van der Waals surface area (Å²) < 4.78 is 28.0.